The monoisotopic (exact) mass is 308 g/mol. The lowest BCUT2D eigenvalue weighted by Gasteiger charge is -2.32. The minimum Gasteiger partial charge on any atom is -0.497 e. The molecule has 0 bridgehead atoms. The average molecular weight is 308 g/mol. The maximum absolute atomic E-state index is 12.4. The number of benzene rings is 1. The van der Waals surface area contributed by atoms with Crippen molar-refractivity contribution in [3.05, 3.63) is 18.2 Å². The van der Waals surface area contributed by atoms with Crippen LogP contribution in [0.4, 0.5) is 10.5 Å². The largest absolute Gasteiger partial charge is 0.497 e. The van der Waals surface area contributed by atoms with Crippen molar-refractivity contribution in [1.82, 2.24) is 4.90 Å². The number of urea groups is 1. The van der Waals surface area contributed by atoms with Gasteiger partial charge in [-0.05, 0) is 25.0 Å². The van der Waals surface area contributed by atoms with Gasteiger partial charge in [0.05, 0.1) is 26.5 Å². The van der Waals surface area contributed by atoms with E-state index in [2.05, 4.69) is 5.32 Å². The number of rotatable bonds is 5. The summed E-state index contributed by atoms with van der Waals surface area (Å²) in [6.07, 6.45) is 2.10. The van der Waals surface area contributed by atoms with E-state index in [-0.39, 0.29) is 6.03 Å². The van der Waals surface area contributed by atoms with Crippen LogP contribution in [0.15, 0.2) is 18.2 Å². The number of carbonyl (C=O) groups excluding carboxylic acids is 1. The molecule has 1 saturated heterocycles. The highest BCUT2D eigenvalue weighted by Crippen LogP contribution is 2.29. The summed E-state index contributed by atoms with van der Waals surface area (Å²) in [6, 6.07) is 5.22. The summed E-state index contributed by atoms with van der Waals surface area (Å²) >= 11 is 0. The van der Waals surface area contributed by atoms with Gasteiger partial charge in [0.1, 0.15) is 11.5 Å². The summed E-state index contributed by atoms with van der Waals surface area (Å²) < 4.78 is 15.7. The van der Waals surface area contributed by atoms with Gasteiger partial charge in [0.2, 0.25) is 0 Å². The minimum absolute atomic E-state index is 0.107. The highest BCUT2D eigenvalue weighted by Gasteiger charge is 2.24. The van der Waals surface area contributed by atoms with E-state index in [1.54, 1.807) is 39.5 Å². The highest BCUT2D eigenvalue weighted by molar-refractivity contribution is 5.91. The van der Waals surface area contributed by atoms with Crippen LogP contribution < -0.4 is 14.8 Å². The number of carbonyl (C=O) groups is 1. The van der Waals surface area contributed by atoms with E-state index in [0.29, 0.717) is 29.7 Å². The number of amides is 2. The van der Waals surface area contributed by atoms with Gasteiger partial charge in [-0.1, -0.05) is 0 Å². The first-order valence-corrected chi connectivity index (χ1v) is 7.44. The van der Waals surface area contributed by atoms with Crippen molar-refractivity contribution in [2.45, 2.75) is 12.8 Å². The molecule has 2 rings (SSSR count). The lowest BCUT2D eigenvalue weighted by molar-refractivity contribution is 0.104. The summed E-state index contributed by atoms with van der Waals surface area (Å²) in [7, 11) is 4.86. The van der Waals surface area contributed by atoms with Crippen LogP contribution in [0, 0.1) is 5.92 Å². The zero-order valence-corrected chi connectivity index (χ0v) is 13.4. The van der Waals surface area contributed by atoms with E-state index >= 15 is 0 Å². The molecule has 0 spiro atoms. The van der Waals surface area contributed by atoms with Crippen molar-refractivity contribution >= 4 is 11.7 Å². The van der Waals surface area contributed by atoms with E-state index < -0.39 is 0 Å². The van der Waals surface area contributed by atoms with Gasteiger partial charge in [-0.3, -0.25) is 0 Å². The molecule has 22 heavy (non-hydrogen) atoms. The lowest BCUT2D eigenvalue weighted by Crippen LogP contribution is -2.43. The van der Waals surface area contributed by atoms with Crippen molar-refractivity contribution in [3.63, 3.8) is 0 Å². The van der Waals surface area contributed by atoms with Crippen LogP contribution in [-0.2, 0) is 4.74 Å². The molecule has 0 radical (unpaired) electrons. The zero-order valence-electron chi connectivity index (χ0n) is 13.4. The average Bonchev–Trinajstić information content (AvgIpc) is 2.55. The molecular weight excluding hydrogens is 284 g/mol. The number of nitrogens with zero attached hydrogens (tertiary/aromatic N) is 1. The Morgan fingerprint density at radius 2 is 2.14 bits per heavy atom. The van der Waals surface area contributed by atoms with Gasteiger partial charge < -0.3 is 24.4 Å². The number of ether oxygens (including phenoxy) is 3. The molecule has 1 fully saturated rings. The van der Waals surface area contributed by atoms with Gasteiger partial charge in [-0.25, -0.2) is 4.79 Å². The molecule has 1 unspecified atom stereocenters. The molecule has 6 heteroatoms. The molecule has 2 amide bonds. The van der Waals surface area contributed by atoms with Crippen LogP contribution in [-0.4, -0.2) is 52.0 Å². The predicted molar refractivity (Wildman–Crippen MR) is 84.7 cm³/mol. The molecule has 1 aromatic carbocycles. The standard InChI is InChI=1S/C16H24N2O4/c1-20-11-12-5-4-8-18(10-12)16(19)17-14-7-6-13(21-2)9-15(14)22-3/h6-7,9,12H,4-5,8,10-11H2,1-3H3,(H,17,19). The van der Waals surface area contributed by atoms with Crippen molar-refractivity contribution in [3.8, 4) is 11.5 Å². The second-order valence-corrected chi connectivity index (χ2v) is 5.41. The first-order chi connectivity index (χ1) is 10.7. The Kier molecular flexibility index (Phi) is 5.89. The van der Waals surface area contributed by atoms with Gasteiger partial charge in [-0.15, -0.1) is 0 Å². The van der Waals surface area contributed by atoms with Gasteiger partial charge in [0, 0.05) is 32.2 Å². The van der Waals surface area contributed by atoms with Gasteiger partial charge in [-0.2, -0.15) is 0 Å². The van der Waals surface area contributed by atoms with Crippen LogP contribution in [0.25, 0.3) is 0 Å². The first-order valence-electron chi connectivity index (χ1n) is 7.44. The molecule has 1 N–H and O–H groups in total. The molecule has 1 aromatic rings. The summed E-state index contributed by atoms with van der Waals surface area (Å²) in [5, 5.41) is 2.91. The number of methoxy groups -OCH3 is 3. The second-order valence-electron chi connectivity index (χ2n) is 5.41. The first kappa shape index (κ1) is 16.4. The lowest BCUT2D eigenvalue weighted by atomic mass is 9.99. The molecule has 6 nitrogen and oxygen atoms in total. The highest BCUT2D eigenvalue weighted by atomic mass is 16.5. The van der Waals surface area contributed by atoms with E-state index in [9.17, 15) is 4.79 Å². The predicted octanol–water partition coefficient (Wildman–Crippen LogP) is 2.59. The van der Waals surface area contributed by atoms with Gasteiger partial charge in [0.25, 0.3) is 0 Å². The maximum atomic E-state index is 12.4. The maximum Gasteiger partial charge on any atom is 0.321 e. The summed E-state index contributed by atoms with van der Waals surface area (Å²) in [6.45, 7) is 2.18. The summed E-state index contributed by atoms with van der Waals surface area (Å²) in [4.78, 5) is 14.3. The number of anilines is 1. The van der Waals surface area contributed by atoms with Crippen LogP contribution in [0.1, 0.15) is 12.8 Å². The molecule has 122 valence electrons. The molecule has 1 atom stereocenters. The fraction of sp³-hybridized carbons (Fsp3) is 0.562. The van der Waals surface area contributed by atoms with E-state index in [4.69, 9.17) is 14.2 Å². The number of piperidine rings is 1. The van der Waals surface area contributed by atoms with E-state index in [0.717, 1.165) is 25.9 Å². The SMILES string of the molecule is COCC1CCCN(C(=O)Nc2ccc(OC)cc2OC)C1. The molecule has 1 heterocycles. The normalized spacial score (nSPS) is 18.0. The molecule has 0 aromatic heterocycles. The van der Waals surface area contributed by atoms with E-state index in [1.165, 1.54) is 0 Å². The Morgan fingerprint density at radius 1 is 1.32 bits per heavy atom. The molecule has 1 aliphatic heterocycles. The molecular formula is C16H24N2O4. The van der Waals surface area contributed by atoms with Crippen LogP contribution in [0.5, 0.6) is 11.5 Å². The number of nitrogens with one attached hydrogen (secondary N) is 1. The Hall–Kier alpha value is -1.95. The topological polar surface area (TPSA) is 60.0 Å². The third kappa shape index (κ3) is 4.04. The Morgan fingerprint density at radius 3 is 2.82 bits per heavy atom. The summed E-state index contributed by atoms with van der Waals surface area (Å²) in [5.41, 5.74) is 0.641. The third-order valence-electron chi connectivity index (χ3n) is 3.86. The van der Waals surface area contributed by atoms with Crippen molar-refractivity contribution in [2.24, 2.45) is 5.92 Å². The second kappa shape index (κ2) is 7.89. The van der Waals surface area contributed by atoms with Crippen LogP contribution in [0.2, 0.25) is 0 Å². The van der Waals surface area contributed by atoms with Gasteiger partial charge in [0.15, 0.2) is 0 Å². The summed E-state index contributed by atoms with van der Waals surface area (Å²) in [5.74, 6) is 1.67. The van der Waals surface area contributed by atoms with Gasteiger partial charge >= 0.3 is 6.03 Å². The third-order valence-corrected chi connectivity index (χ3v) is 3.86. The number of likely N-dealkylation sites (tertiary alicyclic amines) is 1. The zero-order chi connectivity index (χ0) is 15.9. The van der Waals surface area contributed by atoms with Crippen LogP contribution >= 0.6 is 0 Å². The smallest absolute Gasteiger partial charge is 0.321 e. The fourth-order valence-corrected chi connectivity index (χ4v) is 2.72. The Balaban J connectivity index is 2.02. The van der Waals surface area contributed by atoms with Crippen molar-refractivity contribution in [2.75, 3.05) is 46.3 Å². The Labute approximate surface area is 131 Å². The number of hydrogen-bond donors (Lipinski definition) is 1. The molecule has 0 saturated carbocycles. The van der Waals surface area contributed by atoms with Crippen LogP contribution in [0.3, 0.4) is 0 Å². The molecule has 0 aliphatic carbocycles. The minimum atomic E-state index is -0.107. The van der Waals surface area contributed by atoms with E-state index in [1.807, 2.05) is 4.90 Å². The Bertz CT molecular complexity index is 505. The van der Waals surface area contributed by atoms with Crippen molar-refractivity contribution < 1.29 is 19.0 Å². The number of hydrogen-bond acceptors (Lipinski definition) is 4. The molecule has 1 aliphatic rings. The van der Waals surface area contributed by atoms with Crippen molar-refractivity contribution in [1.29, 1.82) is 0 Å². The fourth-order valence-electron chi connectivity index (χ4n) is 2.72. The quantitative estimate of drug-likeness (QED) is 0.908.